The van der Waals surface area contributed by atoms with Gasteiger partial charge in [0.1, 0.15) is 11.6 Å². The number of hydrogen-bond donors (Lipinski definition) is 1. The maximum atomic E-state index is 13.2. The van der Waals surface area contributed by atoms with Gasteiger partial charge in [0, 0.05) is 26.1 Å². The molecule has 0 bridgehead atoms. The molecule has 2 aromatic rings. The Bertz CT molecular complexity index is 674. The van der Waals surface area contributed by atoms with Gasteiger partial charge in [-0.2, -0.15) is 0 Å². The molecule has 3 rings (SSSR count). The number of aliphatic hydroxyl groups excluding tert-OH is 1. The van der Waals surface area contributed by atoms with Gasteiger partial charge in [0.05, 0.1) is 12.6 Å². The highest BCUT2D eigenvalue weighted by molar-refractivity contribution is 5.20. The minimum absolute atomic E-state index is 0.347. The van der Waals surface area contributed by atoms with Crippen molar-refractivity contribution in [1.29, 1.82) is 0 Å². The van der Waals surface area contributed by atoms with Crippen LogP contribution < -0.4 is 0 Å². The predicted octanol–water partition coefficient (Wildman–Crippen LogP) is 1.67. The number of aryl methyl sites for hydroxylation is 1. The monoisotopic (exact) mass is 308 g/mol. The first-order valence-electron chi connectivity index (χ1n) is 7.34. The van der Waals surface area contributed by atoms with Gasteiger partial charge in [-0.25, -0.2) is 8.78 Å². The normalized spacial score (nSPS) is 16.5. The van der Waals surface area contributed by atoms with E-state index in [2.05, 4.69) is 14.8 Å². The van der Waals surface area contributed by atoms with Crippen molar-refractivity contribution in [2.45, 2.75) is 32.5 Å². The van der Waals surface area contributed by atoms with Crippen molar-refractivity contribution in [1.82, 2.24) is 19.7 Å². The van der Waals surface area contributed by atoms with Crippen LogP contribution in [0.25, 0.3) is 0 Å². The fourth-order valence-corrected chi connectivity index (χ4v) is 2.75. The van der Waals surface area contributed by atoms with Crippen LogP contribution in [0.2, 0.25) is 0 Å². The Balaban J connectivity index is 1.67. The summed E-state index contributed by atoms with van der Waals surface area (Å²) in [7, 11) is 0. The second-order valence-electron chi connectivity index (χ2n) is 5.46. The lowest BCUT2D eigenvalue weighted by atomic mass is 10.1. The van der Waals surface area contributed by atoms with Crippen molar-refractivity contribution in [2.75, 3.05) is 13.1 Å². The van der Waals surface area contributed by atoms with Crippen LogP contribution in [0, 0.1) is 11.6 Å². The Morgan fingerprint density at radius 3 is 2.77 bits per heavy atom. The molecule has 1 N–H and O–H groups in total. The first-order chi connectivity index (χ1) is 10.6. The highest BCUT2D eigenvalue weighted by Crippen LogP contribution is 2.20. The highest BCUT2D eigenvalue weighted by Gasteiger charge is 2.23. The predicted molar refractivity (Wildman–Crippen MR) is 76.0 cm³/mol. The van der Waals surface area contributed by atoms with Crippen LogP contribution in [0.5, 0.6) is 0 Å². The summed E-state index contributed by atoms with van der Waals surface area (Å²) in [5.74, 6) is -0.00645. The summed E-state index contributed by atoms with van der Waals surface area (Å²) in [6.45, 7) is 4.51. The molecule has 2 heterocycles. The summed E-state index contributed by atoms with van der Waals surface area (Å²) in [6.07, 6.45) is -0.0278. The van der Waals surface area contributed by atoms with Gasteiger partial charge in [-0.3, -0.25) is 4.90 Å². The van der Waals surface area contributed by atoms with Crippen LogP contribution in [0.15, 0.2) is 18.2 Å². The fraction of sp³-hybridized carbons (Fsp3) is 0.467. The first kappa shape index (κ1) is 15.1. The number of β-amino-alcohol motifs (C(OH)–C–C–N with tert-alkyl or cyclic N) is 1. The molecule has 5 nitrogen and oxygen atoms in total. The molecule has 0 amide bonds. The van der Waals surface area contributed by atoms with Crippen LogP contribution in [0.1, 0.15) is 30.2 Å². The van der Waals surface area contributed by atoms with Crippen molar-refractivity contribution >= 4 is 0 Å². The lowest BCUT2D eigenvalue weighted by molar-refractivity contribution is 0.0956. The molecule has 0 aliphatic carbocycles. The molecule has 0 spiro atoms. The third-order valence-corrected chi connectivity index (χ3v) is 3.98. The quantitative estimate of drug-likeness (QED) is 0.933. The van der Waals surface area contributed by atoms with Gasteiger partial charge in [-0.05, 0) is 17.7 Å². The lowest BCUT2D eigenvalue weighted by Gasteiger charge is -2.29. The summed E-state index contributed by atoms with van der Waals surface area (Å²) in [6, 6.07) is 3.49. The van der Waals surface area contributed by atoms with Crippen molar-refractivity contribution in [3.8, 4) is 0 Å². The Morgan fingerprint density at radius 1 is 1.23 bits per heavy atom. The van der Waals surface area contributed by atoms with Crippen LogP contribution in [0.3, 0.4) is 0 Å². The van der Waals surface area contributed by atoms with E-state index >= 15 is 0 Å². The van der Waals surface area contributed by atoms with E-state index in [1.165, 1.54) is 6.07 Å². The zero-order chi connectivity index (χ0) is 15.7. The van der Waals surface area contributed by atoms with Crippen LogP contribution in [-0.2, 0) is 19.5 Å². The number of halogens is 2. The minimum atomic E-state index is -0.942. The van der Waals surface area contributed by atoms with Crippen LogP contribution in [-0.4, -0.2) is 37.9 Å². The fourth-order valence-electron chi connectivity index (χ4n) is 2.75. The molecule has 22 heavy (non-hydrogen) atoms. The molecule has 1 aliphatic heterocycles. The number of aromatic nitrogens is 3. The SMILES string of the molecule is CCc1nnc2n1CCN(C[C@H](O)c1ccc(F)c(F)c1)C2. The number of aliphatic hydroxyl groups is 1. The second kappa shape index (κ2) is 6.10. The van der Waals surface area contributed by atoms with Crippen molar-refractivity contribution in [3.05, 3.63) is 47.0 Å². The first-order valence-corrected chi connectivity index (χ1v) is 7.34. The van der Waals surface area contributed by atoms with E-state index in [9.17, 15) is 13.9 Å². The average molecular weight is 308 g/mol. The summed E-state index contributed by atoms with van der Waals surface area (Å²) >= 11 is 0. The number of fused-ring (bicyclic) bond motifs is 1. The molecule has 0 saturated carbocycles. The van der Waals surface area contributed by atoms with E-state index < -0.39 is 17.7 Å². The van der Waals surface area contributed by atoms with Crippen LogP contribution >= 0.6 is 0 Å². The molecule has 118 valence electrons. The number of hydrogen-bond acceptors (Lipinski definition) is 4. The van der Waals surface area contributed by atoms with E-state index in [0.29, 0.717) is 18.7 Å². The molecule has 0 unspecified atom stereocenters. The van der Waals surface area contributed by atoms with Gasteiger partial charge in [0.15, 0.2) is 11.6 Å². The molecule has 1 aromatic carbocycles. The largest absolute Gasteiger partial charge is 0.387 e. The molecule has 0 fully saturated rings. The third-order valence-electron chi connectivity index (χ3n) is 3.98. The summed E-state index contributed by atoms with van der Waals surface area (Å²) in [5, 5.41) is 18.5. The maximum Gasteiger partial charge on any atom is 0.159 e. The Kier molecular flexibility index (Phi) is 4.17. The molecule has 1 aliphatic rings. The molecule has 1 atom stereocenters. The van der Waals surface area contributed by atoms with Gasteiger partial charge in [0.25, 0.3) is 0 Å². The van der Waals surface area contributed by atoms with Gasteiger partial charge in [-0.15, -0.1) is 10.2 Å². The smallest absolute Gasteiger partial charge is 0.159 e. The Labute approximate surface area is 127 Å². The topological polar surface area (TPSA) is 54.2 Å². The van der Waals surface area contributed by atoms with Crippen molar-refractivity contribution in [3.63, 3.8) is 0 Å². The maximum absolute atomic E-state index is 13.2. The molecule has 7 heteroatoms. The van der Waals surface area contributed by atoms with E-state index in [-0.39, 0.29) is 0 Å². The highest BCUT2D eigenvalue weighted by atomic mass is 19.2. The Morgan fingerprint density at radius 2 is 2.05 bits per heavy atom. The molecular formula is C15H18F2N4O. The molecular weight excluding hydrogens is 290 g/mol. The van der Waals surface area contributed by atoms with Crippen LogP contribution in [0.4, 0.5) is 8.78 Å². The zero-order valence-electron chi connectivity index (χ0n) is 12.3. The number of nitrogens with zero attached hydrogens (tertiary/aromatic N) is 4. The van der Waals surface area contributed by atoms with Gasteiger partial charge >= 0.3 is 0 Å². The summed E-state index contributed by atoms with van der Waals surface area (Å²) < 4.78 is 28.3. The van der Waals surface area contributed by atoms with Crippen molar-refractivity contribution < 1.29 is 13.9 Å². The molecule has 0 saturated heterocycles. The summed E-state index contributed by atoms with van der Waals surface area (Å²) in [4.78, 5) is 2.04. The minimum Gasteiger partial charge on any atom is -0.387 e. The zero-order valence-corrected chi connectivity index (χ0v) is 12.3. The standard InChI is InChI=1S/C15H18F2N4O/c1-2-14-18-19-15-9-20(5-6-21(14)15)8-13(22)10-3-4-11(16)12(17)7-10/h3-4,7,13,22H,2,5-6,8-9H2,1H3/t13-/m0/s1. The van der Waals surface area contributed by atoms with E-state index in [4.69, 9.17) is 0 Å². The second-order valence-corrected chi connectivity index (χ2v) is 5.46. The van der Waals surface area contributed by atoms with E-state index in [1.54, 1.807) is 0 Å². The number of benzene rings is 1. The molecule has 1 aromatic heterocycles. The van der Waals surface area contributed by atoms with E-state index in [1.807, 2.05) is 11.8 Å². The van der Waals surface area contributed by atoms with Gasteiger partial charge in [-0.1, -0.05) is 13.0 Å². The lowest BCUT2D eigenvalue weighted by Crippen LogP contribution is -2.37. The average Bonchev–Trinajstić information content (AvgIpc) is 2.92. The third kappa shape index (κ3) is 2.86. The van der Waals surface area contributed by atoms with Crippen molar-refractivity contribution in [2.24, 2.45) is 0 Å². The van der Waals surface area contributed by atoms with E-state index in [0.717, 1.165) is 43.3 Å². The van der Waals surface area contributed by atoms with Gasteiger partial charge in [0.2, 0.25) is 0 Å². The number of rotatable bonds is 4. The Hall–Kier alpha value is -1.86. The van der Waals surface area contributed by atoms with Gasteiger partial charge < -0.3 is 9.67 Å². The summed E-state index contributed by atoms with van der Waals surface area (Å²) in [5.41, 5.74) is 0.375. The molecule has 0 radical (unpaired) electrons.